The summed E-state index contributed by atoms with van der Waals surface area (Å²) in [4.78, 5) is 12.7. The zero-order chi connectivity index (χ0) is 19.1. The summed E-state index contributed by atoms with van der Waals surface area (Å²) in [7, 11) is 0. The number of carbonyl (C=O) groups excluding carboxylic acids is 1. The predicted molar refractivity (Wildman–Crippen MR) is 103 cm³/mol. The van der Waals surface area contributed by atoms with E-state index in [1.54, 1.807) is 12.1 Å². The van der Waals surface area contributed by atoms with Crippen LogP contribution in [-0.4, -0.2) is 12.0 Å². The average molecular weight is 365 g/mol. The molecule has 0 aliphatic carbocycles. The quantitative estimate of drug-likeness (QED) is 0.609. The number of hydrogen-bond donors (Lipinski definition) is 1. The van der Waals surface area contributed by atoms with E-state index >= 15 is 0 Å². The number of ether oxygens (including phenoxy) is 2. The summed E-state index contributed by atoms with van der Waals surface area (Å²) in [5, 5.41) is 2.85. The van der Waals surface area contributed by atoms with Gasteiger partial charge < -0.3 is 14.8 Å². The molecule has 0 aliphatic rings. The minimum atomic E-state index is -0.708. The van der Waals surface area contributed by atoms with Crippen LogP contribution in [0, 0.1) is 5.82 Å². The van der Waals surface area contributed by atoms with Gasteiger partial charge in [-0.3, -0.25) is 4.79 Å². The van der Waals surface area contributed by atoms with Crippen LogP contribution in [0.2, 0.25) is 0 Å². The van der Waals surface area contributed by atoms with E-state index in [0.717, 1.165) is 0 Å². The third-order valence-corrected chi connectivity index (χ3v) is 3.87. The Kier molecular flexibility index (Phi) is 6.05. The number of anilines is 1. The molecule has 1 amide bonds. The average Bonchev–Trinajstić information content (AvgIpc) is 2.70. The molecule has 0 aromatic heterocycles. The second-order valence-corrected chi connectivity index (χ2v) is 5.87. The van der Waals surface area contributed by atoms with Crippen LogP contribution >= 0.6 is 0 Å². The molecule has 0 radical (unpaired) electrons. The van der Waals surface area contributed by atoms with Crippen molar-refractivity contribution in [1.82, 2.24) is 0 Å². The first-order valence-corrected chi connectivity index (χ1v) is 8.70. The number of benzene rings is 3. The van der Waals surface area contributed by atoms with Crippen LogP contribution in [-0.2, 0) is 4.79 Å². The molecule has 0 aliphatic heterocycles. The van der Waals surface area contributed by atoms with Crippen molar-refractivity contribution in [2.24, 2.45) is 0 Å². The van der Waals surface area contributed by atoms with Crippen LogP contribution in [0.15, 0.2) is 78.9 Å². The van der Waals surface area contributed by atoms with Gasteiger partial charge in [-0.05, 0) is 55.0 Å². The SMILES string of the molecule is CCC(Oc1ccc(F)cc1)C(=O)Nc1ccccc1Oc1ccccc1. The Morgan fingerprint density at radius 1 is 0.926 bits per heavy atom. The lowest BCUT2D eigenvalue weighted by Gasteiger charge is -2.18. The predicted octanol–water partition coefficient (Wildman–Crippen LogP) is 5.41. The molecule has 0 saturated heterocycles. The Morgan fingerprint density at radius 2 is 1.59 bits per heavy atom. The molecular weight excluding hydrogens is 345 g/mol. The zero-order valence-electron chi connectivity index (χ0n) is 14.9. The molecule has 1 unspecified atom stereocenters. The lowest BCUT2D eigenvalue weighted by molar-refractivity contribution is -0.122. The molecule has 27 heavy (non-hydrogen) atoms. The van der Waals surface area contributed by atoms with Gasteiger partial charge in [0.25, 0.3) is 5.91 Å². The molecule has 1 N–H and O–H groups in total. The summed E-state index contributed by atoms with van der Waals surface area (Å²) in [5.41, 5.74) is 0.549. The number of amides is 1. The molecule has 3 rings (SSSR count). The van der Waals surface area contributed by atoms with Gasteiger partial charge in [0.1, 0.15) is 17.3 Å². The standard InChI is InChI=1S/C22H20FNO3/c1-2-20(26-18-14-12-16(23)13-15-18)22(25)24-19-10-6-7-11-21(19)27-17-8-4-3-5-9-17/h3-15,20H,2H2,1H3,(H,24,25). The minimum absolute atomic E-state index is 0.300. The largest absolute Gasteiger partial charge is 0.481 e. The Hall–Kier alpha value is -3.34. The second kappa shape index (κ2) is 8.85. The van der Waals surface area contributed by atoms with Gasteiger partial charge in [-0.2, -0.15) is 0 Å². The fourth-order valence-corrected chi connectivity index (χ4v) is 2.49. The maximum atomic E-state index is 13.0. The van der Waals surface area contributed by atoms with Gasteiger partial charge in [0.15, 0.2) is 11.9 Å². The summed E-state index contributed by atoms with van der Waals surface area (Å²) in [5.74, 6) is 0.993. The van der Waals surface area contributed by atoms with E-state index in [9.17, 15) is 9.18 Å². The number of halogens is 1. The molecule has 0 bridgehead atoms. The number of rotatable bonds is 7. The molecule has 3 aromatic carbocycles. The lowest BCUT2D eigenvalue weighted by Crippen LogP contribution is -2.32. The van der Waals surface area contributed by atoms with E-state index in [2.05, 4.69) is 5.32 Å². The highest BCUT2D eigenvalue weighted by Gasteiger charge is 2.20. The molecule has 0 heterocycles. The number of hydrogen-bond acceptors (Lipinski definition) is 3. The lowest BCUT2D eigenvalue weighted by atomic mass is 10.2. The van der Waals surface area contributed by atoms with Gasteiger partial charge in [0.05, 0.1) is 5.69 Å². The van der Waals surface area contributed by atoms with Crippen molar-refractivity contribution in [3.8, 4) is 17.2 Å². The molecule has 0 spiro atoms. The number of para-hydroxylation sites is 3. The van der Waals surface area contributed by atoms with E-state index in [-0.39, 0.29) is 11.7 Å². The molecule has 1 atom stereocenters. The summed E-state index contributed by atoms with van der Waals surface area (Å²) in [6.45, 7) is 1.85. The third kappa shape index (κ3) is 5.07. The summed E-state index contributed by atoms with van der Waals surface area (Å²) in [6, 6.07) is 22.1. The number of carbonyl (C=O) groups is 1. The van der Waals surface area contributed by atoms with Crippen LogP contribution in [0.5, 0.6) is 17.2 Å². The van der Waals surface area contributed by atoms with Crippen LogP contribution < -0.4 is 14.8 Å². The molecule has 3 aromatic rings. The smallest absolute Gasteiger partial charge is 0.265 e. The van der Waals surface area contributed by atoms with Crippen molar-refractivity contribution in [3.63, 3.8) is 0 Å². The van der Waals surface area contributed by atoms with Crippen molar-refractivity contribution >= 4 is 11.6 Å². The van der Waals surface area contributed by atoms with E-state index in [0.29, 0.717) is 29.4 Å². The normalized spacial score (nSPS) is 11.5. The van der Waals surface area contributed by atoms with E-state index in [1.807, 2.05) is 49.4 Å². The first kappa shape index (κ1) is 18.5. The van der Waals surface area contributed by atoms with Gasteiger partial charge in [-0.1, -0.05) is 37.3 Å². The van der Waals surface area contributed by atoms with Gasteiger partial charge in [0.2, 0.25) is 0 Å². The Balaban J connectivity index is 1.71. The Bertz CT molecular complexity index is 882. The van der Waals surface area contributed by atoms with Gasteiger partial charge >= 0.3 is 0 Å². The zero-order valence-corrected chi connectivity index (χ0v) is 14.9. The maximum absolute atomic E-state index is 13.0. The maximum Gasteiger partial charge on any atom is 0.265 e. The van der Waals surface area contributed by atoms with Crippen LogP contribution in [0.4, 0.5) is 10.1 Å². The van der Waals surface area contributed by atoms with Gasteiger partial charge in [0, 0.05) is 0 Å². The Labute approximate surface area is 157 Å². The first-order valence-electron chi connectivity index (χ1n) is 8.70. The topological polar surface area (TPSA) is 47.6 Å². The van der Waals surface area contributed by atoms with Crippen molar-refractivity contribution in [2.75, 3.05) is 5.32 Å². The minimum Gasteiger partial charge on any atom is -0.481 e. The second-order valence-electron chi connectivity index (χ2n) is 5.87. The fourth-order valence-electron chi connectivity index (χ4n) is 2.49. The highest BCUT2D eigenvalue weighted by Crippen LogP contribution is 2.29. The van der Waals surface area contributed by atoms with E-state index in [4.69, 9.17) is 9.47 Å². The molecule has 138 valence electrons. The first-order chi connectivity index (χ1) is 13.2. The summed E-state index contributed by atoms with van der Waals surface area (Å²) in [6.07, 6.45) is -0.245. The van der Waals surface area contributed by atoms with Crippen molar-refractivity contribution in [1.29, 1.82) is 0 Å². The number of nitrogens with one attached hydrogen (secondary N) is 1. The molecular formula is C22H20FNO3. The molecule has 4 nitrogen and oxygen atoms in total. The monoisotopic (exact) mass is 365 g/mol. The highest BCUT2D eigenvalue weighted by atomic mass is 19.1. The Morgan fingerprint density at radius 3 is 2.30 bits per heavy atom. The molecule has 0 fully saturated rings. The van der Waals surface area contributed by atoms with Crippen LogP contribution in [0.25, 0.3) is 0 Å². The fraction of sp³-hybridized carbons (Fsp3) is 0.136. The molecule has 0 saturated carbocycles. The van der Waals surface area contributed by atoms with Gasteiger partial charge in [-0.25, -0.2) is 4.39 Å². The third-order valence-electron chi connectivity index (χ3n) is 3.87. The van der Waals surface area contributed by atoms with Crippen LogP contribution in [0.3, 0.4) is 0 Å². The van der Waals surface area contributed by atoms with E-state index < -0.39 is 6.10 Å². The van der Waals surface area contributed by atoms with Crippen molar-refractivity contribution in [3.05, 3.63) is 84.7 Å². The van der Waals surface area contributed by atoms with Crippen molar-refractivity contribution in [2.45, 2.75) is 19.4 Å². The van der Waals surface area contributed by atoms with Crippen molar-refractivity contribution < 1.29 is 18.7 Å². The summed E-state index contributed by atoms with van der Waals surface area (Å²) >= 11 is 0. The summed E-state index contributed by atoms with van der Waals surface area (Å²) < 4.78 is 24.6. The van der Waals surface area contributed by atoms with Gasteiger partial charge in [-0.15, -0.1) is 0 Å². The highest BCUT2D eigenvalue weighted by molar-refractivity contribution is 5.95. The molecule has 5 heteroatoms. The van der Waals surface area contributed by atoms with E-state index in [1.165, 1.54) is 24.3 Å². The van der Waals surface area contributed by atoms with Crippen LogP contribution in [0.1, 0.15) is 13.3 Å².